The molecule has 2 aromatic rings. The average molecular weight is 383 g/mol. The quantitative estimate of drug-likeness (QED) is 0.694. The lowest BCUT2D eigenvalue weighted by Crippen LogP contribution is -2.50. The molecule has 4 rings (SSSR count). The van der Waals surface area contributed by atoms with E-state index in [2.05, 4.69) is 45.6 Å². The number of nitrogens with zero attached hydrogens (tertiary/aromatic N) is 2. The SMILES string of the molecule is Cc1cc(NC(=O)C(=O)N2CCCC(C3NNCC3c3ccccc3)C2)no1. The predicted octanol–water partition coefficient (Wildman–Crippen LogP) is 1.42. The van der Waals surface area contributed by atoms with Gasteiger partial charge in [0, 0.05) is 37.7 Å². The zero-order valence-corrected chi connectivity index (χ0v) is 15.9. The van der Waals surface area contributed by atoms with Crippen molar-refractivity contribution in [1.29, 1.82) is 0 Å². The zero-order valence-electron chi connectivity index (χ0n) is 15.9. The molecule has 1 aromatic heterocycles. The number of nitrogens with one attached hydrogen (secondary N) is 3. The number of amides is 2. The second-order valence-corrected chi connectivity index (χ2v) is 7.50. The maximum Gasteiger partial charge on any atom is 0.315 e. The number of aromatic nitrogens is 1. The van der Waals surface area contributed by atoms with E-state index in [9.17, 15) is 9.59 Å². The molecule has 2 amide bonds. The maximum atomic E-state index is 12.6. The molecule has 3 unspecified atom stereocenters. The van der Waals surface area contributed by atoms with E-state index in [0.717, 1.165) is 19.4 Å². The van der Waals surface area contributed by atoms with Crippen LogP contribution in [0.25, 0.3) is 0 Å². The van der Waals surface area contributed by atoms with Crippen molar-refractivity contribution in [3.8, 4) is 0 Å². The number of hydrogen-bond acceptors (Lipinski definition) is 6. The van der Waals surface area contributed by atoms with Crippen molar-refractivity contribution in [3.05, 3.63) is 47.7 Å². The first kappa shape index (κ1) is 18.6. The largest absolute Gasteiger partial charge is 0.360 e. The first-order valence-corrected chi connectivity index (χ1v) is 9.68. The second kappa shape index (κ2) is 8.12. The number of carbonyl (C=O) groups is 2. The van der Waals surface area contributed by atoms with Crippen molar-refractivity contribution in [2.75, 3.05) is 25.0 Å². The fourth-order valence-electron chi connectivity index (χ4n) is 4.21. The molecule has 0 spiro atoms. The van der Waals surface area contributed by atoms with Crippen LogP contribution in [-0.2, 0) is 9.59 Å². The van der Waals surface area contributed by atoms with Crippen LogP contribution in [0.5, 0.6) is 0 Å². The lowest BCUT2D eigenvalue weighted by atomic mass is 9.81. The number of benzene rings is 1. The molecule has 0 bridgehead atoms. The molecule has 148 valence electrons. The van der Waals surface area contributed by atoms with Crippen LogP contribution in [0, 0.1) is 12.8 Å². The number of piperidine rings is 1. The predicted molar refractivity (Wildman–Crippen MR) is 103 cm³/mol. The highest BCUT2D eigenvalue weighted by atomic mass is 16.5. The van der Waals surface area contributed by atoms with Gasteiger partial charge in [0.2, 0.25) is 0 Å². The van der Waals surface area contributed by atoms with Crippen molar-refractivity contribution in [2.24, 2.45) is 5.92 Å². The molecule has 8 nitrogen and oxygen atoms in total. The first-order chi connectivity index (χ1) is 13.6. The molecule has 0 aliphatic carbocycles. The minimum Gasteiger partial charge on any atom is -0.360 e. The van der Waals surface area contributed by atoms with Gasteiger partial charge in [-0.05, 0) is 31.2 Å². The molecular weight excluding hydrogens is 358 g/mol. The molecule has 2 fully saturated rings. The number of likely N-dealkylation sites (tertiary alicyclic amines) is 1. The number of aryl methyl sites for hydroxylation is 1. The lowest BCUT2D eigenvalue weighted by Gasteiger charge is -2.37. The van der Waals surface area contributed by atoms with E-state index in [0.29, 0.717) is 24.8 Å². The van der Waals surface area contributed by atoms with Crippen molar-refractivity contribution in [2.45, 2.75) is 31.7 Å². The number of hydrogen-bond donors (Lipinski definition) is 3. The van der Waals surface area contributed by atoms with Gasteiger partial charge < -0.3 is 9.42 Å². The average Bonchev–Trinajstić information content (AvgIpc) is 3.37. The van der Waals surface area contributed by atoms with E-state index < -0.39 is 11.8 Å². The molecule has 3 atom stereocenters. The van der Waals surface area contributed by atoms with E-state index in [1.54, 1.807) is 17.9 Å². The van der Waals surface area contributed by atoms with E-state index in [4.69, 9.17) is 4.52 Å². The number of rotatable bonds is 3. The summed E-state index contributed by atoms with van der Waals surface area (Å²) < 4.78 is 4.92. The Labute approximate surface area is 163 Å². The molecule has 0 radical (unpaired) electrons. The fraction of sp³-hybridized carbons (Fsp3) is 0.450. The van der Waals surface area contributed by atoms with Crippen molar-refractivity contribution >= 4 is 17.6 Å². The third-order valence-electron chi connectivity index (χ3n) is 5.57. The van der Waals surface area contributed by atoms with Crippen molar-refractivity contribution in [3.63, 3.8) is 0 Å². The van der Waals surface area contributed by atoms with E-state index in [-0.39, 0.29) is 17.8 Å². The Morgan fingerprint density at radius 3 is 2.86 bits per heavy atom. The van der Waals surface area contributed by atoms with Crippen molar-refractivity contribution < 1.29 is 14.1 Å². The Hall–Kier alpha value is -2.71. The van der Waals surface area contributed by atoms with Gasteiger partial charge in [0.05, 0.1) is 0 Å². The van der Waals surface area contributed by atoms with Gasteiger partial charge >= 0.3 is 11.8 Å². The van der Waals surface area contributed by atoms with Crippen LogP contribution in [0.1, 0.15) is 30.1 Å². The Morgan fingerprint density at radius 1 is 1.29 bits per heavy atom. The summed E-state index contributed by atoms with van der Waals surface area (Å²) in [5.74, 6) is 0.259. The van der Waals surface area contributed by atoms with Crippen LogP contribution < -0.4 is 16.2 Å². The van der Waals surface area contributed by atoms with Crippen LogP contribution in [0.2, 0.25) is 0 Å². The molecule has 2 saturated heterocycles. The van der Waals surface area contributed by atoms with Gasteiger partial charge in [0.25, 0.3) is 0 Å². The van der Waals surface area contributed by atoms with Gasteiger partial charge in [-0.1, -0.05) is 35.5 Å². The minimum atomic E-state index is -0.675. The van der Waals surface area contributed by atoms with Crippen LogP contribution in [0.15, 0.2) is 40.9 Å². The van der Waals surface area contributed by atoms with Crippen LogP contribution in [0.3, 0.4) is 0 Å². The van der Waals surface area contributed by atoms with Crippen LogP contribution >= 0.6 is 0 Å². The lowest BCUT2D eigenvalue weighted by molar-refractivity contribution is -0.144. The fourth-order valence-corrected chi connectivity index (χ4v) is 4.21. The third kappa shape index (κ3) is 3.93. The second-order valence-electron chi connectivity index (χ2n) is 7.50. The van der Waals surface area contributed by atoms with Gasteiger partial charge in [-0.3, -0.25) is 25.8 Å². The van der Waals surface area contributed by atoms with Gasteiger partial charge in [-0.2, -0.15) is 0 Å². The summed E-state index contributed by atoms with van der Waals surface area (Å²) in [6.45, 7) is 3.74. The van der Waals surface area contributed by atoms with Gasteiger partial charge in [0.15, 0.2) is 5.82 Å². The molecule has 2 aliphatic heterocycles. The Balaban J connectivity index is 1.41. The van der Waals surface area contributed by atoms with E-state index in [1.807, 2.05) is 6.07 Å². The molecule has 0 saturated carbocycles. The zero-order chi connectivity index (χ0) is 19.5. The molecule has 1 aromatic carbocycles. The third-order valence-corrected chi connectivity index (χ3v) is 5.57. The van der Waals surface area contributed by atoms with Crippen LogP contribution in [-0.4, -0.2) is 47.5 Å². The normalized spacial score (nSPS) is 24.9. The van der Waals surface area contributed by atoms with E-state index in [1.165, 1.54) is 5.56 Å². The van der Waals surface area contributed by atoms with Crippen molar-refractivity contribution in [1.82, 2.24) is 20.9 Å². The minimum absolute atomic E-state index is 0.222. The molecular formula is C20H25N5O3. The summed E-state index contributed by atoms with van der Waals surface area (Å²) in [5.41, 5.74) is 7.95. The molecule has 28 heavy (non-hydrogen) atoms. The standard InChI is InChI=1S/C20H25N5O3/c1-13-10-17(24-28-13)22-19(26)20(27)25-9-5-8-15(12-25)18-16(11-21-23-18)14-6-3-2-4-7-14/h2-4,6-7,10,15-16,18,21,23H,5,8-9,11-12H2,1H3,(H,22,24,26). The Kier molecular flexibility index (Phi) is 5.40. The maximum absolute atomic E-state index is 12.6. The molecule has 2 aliphatic rings. The number of carbonyl (C=O) groups excluding carboxylic acids is 2. The topological polar surface area (TPSA) is 99.5 Å². The first-order valence-electron chi connectivity index (χ1n) is 9.68. The van der Waals surface area contributed by atoms with Gasteiger partial charge in [-0.25, -0.2) is 0 Å². The highest BCUT2D eigenvalue weighted by Gasteiger charge is 2.38. The summed E-state index contributed by atoms with van der Waals surface area (Å²) >= 11 is 0. The Morgan fingerprint density at radius 2 is 2.11 bits per heavy atom. The number of anilines is 1. The monoisotopic (exact) mass is 383 g/mol. The molecule has 3 heterocycles. The summed E-state index contributed by atoms with van der Waals surface area (Å²) in [4.78, 5) is 26.6. The van der Waals surface area contributed by atoms with E-state index >= 15 is 0 Å². The summed E-state index contributed by atoms with van der Waals surface area (Å²) in [6.07, 6.45) is 1.91. The molecule has 3 N–H and O–H groups in total. The Bertz CT molecular complexity index is 837. The van der Waals surface area contributed by atoms with Gasteiger partial charge in [-0.15, -0.1) is 0 Å². The summed E-state index contributed by atoms with van der Waals surface area (Å²) in [5, 5.41) is 6.22. The van der Waals surface area contributed by atoms with Crippen LogP contribution in [0.4, 0.5) is 5.82 Å². The van der Waals surface area contributed by atoms with Gasteiger partial charge in [0.1, 0.15) is 5.76 Å². The smallest absolute Gasteiger partial charge is 0.315 e. The highest BCUT2D eigenvalue weighted by molar-refractivity contribution is 6.39. The summed E-state index contributed by atoms with van der Waals surface area (Å²) in [7, 11) is 0. The summed E-state index contributed by atoms with van der Waals surface area (Å²) in [6, 6.07) is 12.2. The molecule has 8 heteroatoms. The number of hydrazine groups is 1. The highest BCUT2D eigenvalue weighted by Crippen LogP contribution is 2.31.